The number of phosphoric acid groups is 1. The van der Waals surface area contributed by atoms with E-state index in [2.05, 4.69) is 79.9 Å². The van der Waals surface area contributed by atoms with Crippen LogP contribution in [0.25, 0.3) is 0 Å². The zero-order chi connectivity index (χ0) is 37.5. The summed E-state index contributed by atoms with van der Waals surface area (Å²) in [7, 11) is -4.42. The van der Waals surface area contributed by atoms with Crippen LogP contribution in [0.3, 0.4) is 0 Å². The van der Waals surface area contributed by atoms with Gasteiger partial charge in [0, 0.05) is 19.4 Å². The number of hydrogen-bond acceptors (Lipinski definition) is 7. The fourth-order valence-electron chi connectivity index (χ4n) is 4.95. The second-order valence-corrected chi connectivity index (χ2v) is 14.3. The van der Waals surface area contributed by atoms with Gasteiger partial charge in [-0.25, -0.2) is 4.57 Å². The fraction of sp³-hybridized carbons (Fsp3) is 0.707. The second-order valence-electron chi connectivity index (χ2n) is 12.9. The van der Waals surface area contributed by atoms with E-state index in [4.69, 9.17) is 13.8 Å². The largest absolute Gasteiger partial charge is 0.472 e. The van der Waals surface area contributed by atoms with E-state index >= 15 is 0 Å². The van der Waals surface area contributed by atoms with Crippen molar-refractivity contribution in [3.63, 3.8) is 0 Å². The quantitative estimate of drug-likeness (QED) is 0.0251. The molecule has 0 aromatic carbocycles. The minimum absolute atomic E-state index is 0.0675. The summed E-state index contributed by atoms with van der Waals surface area (Å²) < 4.78 is 26.8. The summed E-state index contributed by atoms with van der Waals surface area (Å²) in [6.45, 7) is 3.35. The first-order chi connectivity index (χ1) is 24.8. The monoisotopic (exact) mass is 737 g/mol. The molecule has 0 aromatic rings. The summed E-state index contributed by atoms with van der Waals surface area (Å²) >= 11 is 0. The summed E-state index contributed by atoms with van der Waals surface area (Å²) in [5, 5.41) is 12.6. The van der Waals surface area contributed by atoms with Crippen molar-refractivity contribution in [1.29, 1.82) is 0 Å². The number of carbonyl (C=O) groups excluding carboxylic acids is 2. The van der Waals surface area contributed by atoms with Crippen LogP contribution < -0.4 is 5.32 Å². The van der Waals surface area contributed by atoms with Gasteiger partial charge in [-0.2, -0.15) is 0 Å². The summed E-state index contributed by atoms with van der Waals surface area (Å²) in [4.78, 5) is 33.8. The van der Waals surface area contributed by atoms with Crippen LogP contribution in [0, 0.1) is 0 Å². The molecule has 0 aliphatic carbocycles. The van der Waals surface area contributed by atoms with Gasteiger partial charge in [-0.15, -0.1) is 0 Å². The number of nitrogens with one attached hydrogen (secondary N) is 1. The molecule has 0 fully saturated rings. The Morgan fingerprint density at radius 3 is 1.69 bits per heavy atom. The number of aliphatic hydroxyl groups excluding tert-OH is 1. The van der Waals surface area contributed by atoms with E-state index in [-0.39, 0.29) is 32.1 Å². The first kappa shape index (κ1) is 48.7. The van der Waals surface area contributed by atoms with Gasteiger partial charge in [0.05, 0.1) is 13.2 Å². The van der Waals surface area contributed by atoms with Gasteiger partial charge in [0.1, 0.15) is 12.7 Å². The molecule has 0 spiro atoms. The molecule has 0 bridgehead atoms. The van der Waals surface area contributed by atoms with Gasteiger partial charge in [0.25, 0.3) is 0 Å². The first-order valence-corrected chi connectivity index (χ1v) is 21.3. The number of allylic oxidation sites excluding steroid dienone is 10. The van der Waals surface area contributed by atoms with Gasteiger partial charge < -0.3 is 20.1 Å². The van der Waals surface area contributed by atoms with Crippen LogP contribution in [0.2, 0.25) is 0 Å². The van der Waals surface area contributed by atoms with Crippen molar-refractivity contribution < 1.29 is 37.9 Å². The van der Waals surface area contributed by atoms with Crippen LogP contribution in [0.15, 0.2) is 60.8 Å². The van der Waals surface area contributed by atoms with Crippen LogP contribution in [-0.4, -0.2) is 54.3 Å². The molecule has 0 heterocycles. The van der Waals surface area contributed by atoms with Gasteiger partial charge in [-0.05, 0) is 77.0 Å². The number of unbranched alkanes of at least 4 members (excludes halogenated alkanes) is 13. The lowest BCUT2D eigenvalue weighted by molar-refractivity contribution is -0.147. The van der Waals surface area contributed by atoms with Crippen molar-refractivity contribution in [2.24, 2.45) is 0 Å². The predicted molar refractivity (Wildman–Crippen MR) is 210 cm³/mol. The molecule has 9 nitrogen and oxygen atoms in total. The van der Waals surface area contributed by atoms with E-state index in [0.29, 0.717) is 6.42 Å². The molecule has 0 aliphatic rings. The van der Waals surface area contributed by atoms with E-state index in [1.165, 1.54) is 25.7 Å². The zero-order valence-electron chi connectivity index (χ0n) is 32.0. The van der Waals surface area contributed by atoms with Gasteiger partial charge in [-0.1, -0.05) is 126 Å². The minimum Gasteiger partial charge on any atom is -0.463 e. The van der Waals surface area contributed by atoms with Crippen LogP contribution in [0.1, 0.15) is 155 Å². The average Bonchev–Trinajstić information content (AvgIpc) is 3.11. The molecule has 3 N–H and O–H groups in total. The van der Waals surface area contributed by atoms with E-state index in [9.17, 15) is 24.2 Å². The molecule has 0 radical (unpaired) electrons. The Morgan fingerprint density at radius 1 is 0.627 bits per heavy atom. The highest BCUT2D eigenvalue weighted by Crippen LogP contribution is 2.42. The van der Waals surface area contributed by atoms with Gasteiger partial charge in [-0.3, -0.25) is 18.6 Å². The third kappa shape index (κ3) is 38.8. The molecule has 0 aromatic heterocycles. The van der Waals surface area contributed by atoms with Crippen molar-refractivity contribution in [1.82, 2.24) is 5.32 Å². The topological polar surface area (TPSA) is 131 Å². The van der Waals surface area contributed by atoms with Gasteiger partial charge >= 0.3 is 13.8 Å². The molecule has 2 unspecified atom stereocenters. The highest BCUT2D eigenvalue weighted by Gasteiger charge is 2.23. The molecule has 10 heteroatoms. The fourth-order valence-corrected chi connectivity index (χ4v) is 5.71. The minimum atomic E-state index is -4.42. The highest BCUT2D eigenvalue weighted by molar-refractivity contribution is 7.47. The lowest BCUT2D eigenvalue weighted by Gasteiger charge is -2.15. The second kappa shape index (κ2) is 37.5. The van der Waals surface area contributed by atoms with Gasteiger partial charge in [0.15, 0.2) is 0 Å². The number of esters is 1. The molecule has 0 rings (SSSR count). The van der Waals surface area contributed by atoms with E-state index < -0.39 is 26.5 Å². The van der Waals surface area contributed by atoms with Crippen LogP contribution in [0.4, 0.5) is 0 Å². The SMILES string of the molecule is CC/C=C\C/C=C\C/C=C\CCCCCCCC(=O)NCCOP(=O)(O)OCC(O)COC(=O)CCCCCCC/C=C\C/C=C\CCCCC. The standard InChI is InChI=1S/C41H72NO8P/c1-3-5-7-9-11-13-15-17-19-21-23-25-27-29-31-33-40(44)42-35-36-49-51(46,47)50-38-39(43)37-48-41(45)34-32-30-28-26-24-22-20-18-16-14-12-10-8-6-4-2/h5,7,11-14,17-20,39,43H,3-4,6,8-10,15-16,21-38H2,1-2H3,(H,42,44)(H,46,47)/b7-5-,13-11-,14-12-,19-17-,20-18-. The summed E-state index contributed by atoms with van der Waals surface area (Å²) in [6, 6.07) is 0. The number of ether oxygens (including phenoxy) is 1. The maximum Gasteiger partial charge on any atom is 0.472 e. The molecule has 0 aliphatic heterocycles. The Bertz CT molecular complexity index is 1020. The molecular formula is C41H72NO8P. The molecule has 294 valence electrons. The predicted octanol–water partition coefficient (Wildman–Crippen LogP) is 10.5. The number of hydrogen-bond donors (Lipinski definition) is 3. The smallest absolute Gasteiger partial charge is 0.463 e. The van der Waals surface area contributed by atoms with Gasteiger partial charge in [0.2, 0.25) is 5.91 Å². The molecule has 1 amide bonds. The average molecular weight is 738 g/mol. The molecular weight excluding hydrogens is 665 g/mol. The maximum atomic E-state index is 12.1. The van der Waals surface area contributed by atoms with Crippen LogP contribution >= 0.6 is 7.82 Å². The maximum absolute atomic E-state index is 12.1. The van der Waals surface area contributed by atoms with Crippen LogP contribution in [-0.2, 0) is 27.9 Å². The van der Waals surface area contributed by atoms with Crippen molar-refractivity contribution in [3.8, 4) is 0 Å². The highest BCUT2D eigenvalue weighted by atomic mass is 31.2. The van der Waals surface area contributed by atoms with Crippen molar-refractivity contribution in [2.75, 3.05) is 26.4 Å². The Labute approximate surface area is 310 Å². The Hall–Kier alpha value is -2.29. The van der Waals surface area contributed by atoms with E-state index in [1.807, 2.05) is 0 Å². The first-order valence-electron chi connectivity index (χ1n) is 19.8. The molecule has 0 saturated carbocycles. The summed E-state index contributed by atoms with van der Waals surface area (Å²) in [6.07, 6.45) is 42.9. The lowest BCUT2D eigenvalue weighted by Crippen LogP contribution is -2.27. The Morgan fingerprint density at radius 2 is 1.12 bits per heavy atom. The van der Waals surface area contributed by atoms with Crippen molar-refractivity contribution >= 4 is 19.7 Å². The number of carbonyl (C=O) groups is 2. The Kier molecular flexibility index (Phi) is 35.8. The molecule has 2 atom stereocenters. The number of phosphoric ester groups is 1. The zero-order valence-corrected chi connectivity index (χ0v) is 32.9. The van der Waals surface area contributed by atoms with E-state index in [0.717, 1.165) is 103 Å². The summed E-state index contributed by atoms with van der Waals surface area (Å²) in [5.74, 6) is -0.553. The van der Waals surface area contributed by atoms with Crippen LogP contribution in [0.5, 0.6) is 0 Å². The Balaban J connectivity index is 3.68. The molecule has 0 saturated heterocycles. The van der Waals surface area contributed by atoms with Crippen molar-refractivity contribution in [3.05, 3.63) is 60.8 Å². The lowest BCUT2D eigenvalue weighted by atomic mass is 10.1. The number of rotatable bonds is 36. The summed E-state index contributed by atoms with van der Waals surface area (Å²) in [5.41, 5.74) is 0. The normalized spacial score (nSPS) is 14.0. The number of amides is 1. The number of aliphatic hydroxyl groups is 1. The van der Waals surface area contributed by atoms with Crippen molar-refractivity contribution in [2.45, 2.75) is 161 Å². The van der Waals surface area contributed by atoms with E-state index in [1.54, 1.807) is 0 Å². The third-order valence-corrected chi connectivity index (χ3v) is 8.92. The molecule has 51 heavy (non-hydrogen) atoms. The third-order valence-electron chi connectivity index (χ3n) is 7.93.